The van der Waals surface area contributed by atoms with Crippen LogP contribution in [0.15, 0.2) is 6.20 Å². The minimum Gasteiger partial charge on any atom is -0.383 e. The van der Waals surface area contributed by atoms with E-state index in [0.29, 0.717) is 0 Å². The van der Waals surface area contributed by atoms with Gasteiger partial charge < -0.3 is 14.6 Å². The molecule has 1 atom stereocenters. The molecular weight excluding hydrogens is 234 g/mol. The quantitative estimate of drug-likeness (QED) is 0.845. The van der Waals surface area contributed by atoms with E-state index >= 15 is 0 Å². The lowest BCUT2D eigenvalue weighted by atomic mass is 10.2. The molecule has 1 saturated heterocycles. The molecule has 17 heavy (non-hydrogen) atoms. The van der Waals surface area contributed by atoms with Crippen LogP contribution in [0.4, 0.5) is 5.95 Å². The van der Waals surface area contributed by atoms with Crippen molar-refractivity contribution in [3.8, 4) is 0 Å². The van der Waals surface area contributed by atoms with Crippen LogP contribution in [0.1, 0.15) is 18.5 Å². The molecule has 0 amide bonds. The number of aromatic nitrogens is 2. The summed E-state index contributed by atoms with van der Waals surface area (Å²) >= 11 is 2.07. The lowest BCUT2D eigenvalue weighted by Crippen LogP contribution is -2.17. The van der Waals surface area contributed by atoms with Gasteiger partial charge in [-0.3, -0.25) is 0 Å². The van der Waals surface area contributed by atoms with Crippen LogP contribution in [0.2, 0.25) is 0 Å². The maximum absolute atomic E-state index is 5.11. The van der Waals surface area contributed by atoms with Crippen LogP contribution in [0, 0.1) is 6.92 Å². The average molecular weight is 255 g/mol. The van der Waals surface area contributed by atoms with Crippen LogP contribution in [0.3, 0.4) is 0 Å². The largest absolute Gasteiger partial charge is 0.383 e. The first-order valence-corrected chi connectivity index (χ1v) is 7.22. The van der Waals surface area contributed by atoms with Crippen molar-refractivity contribution in [1.29, 1.82) is 0 Å². The fraction of sp³-hybridized carbons (Fsp3) is 0.750. The van der Waals surface area contributed by atoms with Crippen molar-refractivity contribution in [1.82, 2.24) is 9.55 Å². The number of hydrogen-bond acceptors (Lipinski definition) is 4. The van der Waals surface area contributed by atoms with E-state index in [9.17, 15) is 0 Å². The van der Waals surface area contributed by atoms with Gasteiger partial charge in [0.15, 0.2) is 0 Å². The van der Waals surface area contributed by atoms with E-state index in [1.807, 2.05) is 6.92 Å². The Morgan fingerprint density at radius 1 is 1.65 bits per heavy atom. The van der Waals surface area contributed by atoms with E-state index in [2.05, 4.69) is 32.8 Å². The lowest BCUT2D eigenvalue weighted by Gasteiger charge is -2.12. The third-order valence-electron chi connectivity index (χ3n) is 2.95. The van der Waals surface area contributed by atoms with Crippen LogP contribution in [0.25, 0.3) is 0 Å². The third kappa shape index (κ3) is 3.64. The fourth-order valence-electron chi connectivity index (χ4n) is 2.06. The Hall–Kier alpha value is -0.680. The van der Waals surface area contributed by atoms with E-state index in [1.165, 1.54) is 18.6 Å². The van der Waals surface area contributed by atoms with Gasteiger partial charge >= 0.3 is 0 Å². The smallest absolute Gasteiger partial charge is 0.203 e. The molecule has 0 aromatic carbocycles. The van der Waals surface area contributed by atoms with E-state index in [1.54, 1.807) is 7.11 Å². The van der Waals surface area contributed by atoms with Gasteiger partial charge in [0.1, 0.15) is 0 Å². The summed E-state index contributed by atoms with van der Waals surface area (Å²) in [5.74, 6) is 2.29. The van der Waals surface area contributed by atoms with Crippen molar-refractivity contribution in [2.24, 2.45) is 0 Å². The second kappa shape index (κ2) is 6.31. The Morgan fingerprint density at radius 2 is 2.53 bits per heavy atom. The number of thioether (sulfide) groups is 1. The van der Waals surface area contributed by atoms with Gasteiger partial charge in [-0.2, -0.15) is 11.8 Å². The van der Waals surface area contributed by atoms with Gasteiger partial charge in [-0.1, -0.05) is 0 Å². The van der Waals surface area contributed by atoms with Gasteiger partial charge in [0, 0.05) is 31.6 Å². The van der Waals surface area contributed by atoms with Gasteiger partial charge in [-0.25, -0.2) is 4.98 Å². The molecule has 1 aliphatic rings. The second-order valence-corrected chi connectivity index (χ2v) is 5.82. The fourth-order valence-corrected chi connectivity index (χ4v) is 3.26. The maximum Gasteiger partial charge on any atom is 0.203 e. The normalized spacial score (nSPS) is 19.8. The van der Waals surface area contributed by atoms with Gasteiger partial charge in [0.05, 0.1) is 12.3 Å². The minimum absolute atomic E-state index is 0.725. The van der Waals surface area contributed by atoms with Crippen LogP contribution in [-0.2, 0) is 11.3 Å². The van der Waals surface area contributed by atoms with E-state index < -0.39 is 0 Å². The molecular formula is C12H21N3OS. The summed E-state index contributed by atoms with van der Waals surface area (Å²) in [5.41, 5.74) is 1.06. The summed E-state index contributed by atoms with van der Waals surface area (Å²) in [5, 5.41) is 4.21. The molecule has 0 spiro atoms. The zero-order valence-corrected chi connectivity index (χ0v) is 11.4. The Morgan fingerprint density at radius 3 is 3.24 bits per heavy atom. The number of nitrogens with one attached hydrogen (secondary N) is 1. The molecule has 0 bridgehead atoms. The second-order valence-electron chi connectivity index (χ2n) is 4.41. The maximum atomic E-state index is 5.11. The number of rotatable bonds is 6. The topological polar surface area (TPSA) is 39.1 Å². The van der Waals surface area contributed by atoms with Crippen molar-refractivity contribution in [2.45, 2.75) is 31.6 Å². The molecule has 1 N–H and O–H groups in total. The van der Waals surface area contributed by atoms with Crippen molar-refractivity contribution < 1.29 is 4.74 Å². The summed E-state index contributed by atoms with van der Waals surface area (Å²) in [4.78, 5) is 4.51. The van der Waals surface area contributed by atoms with Crippen LogP contribution in [-0.4, -0.2) is 40.8 Å². The van der Waals surface area contributed by atoms with Gasteiger partial charge in [-0.05, 0) is 25.5 Å². The molecule has 0 aliphatic carbocycles. The number of imidazole rings is 1. The first kappa shape index (κ1) is 12.8. The molecule has 2 heterocycles. The predicted octanol–water partition coefficient (Wildman–Crippen LogP) is 2.15. The molecule has 1 aromatic heterocycles. The first-order valence-electron chi connectivity index (χ1n) is 6.18. The molecule has 1 aliphatic heterocycles. The van der Waals surface area contributed by atoms with Crippen molar-refractivity contribution >= 4 is 17.7 Å². The number of nitrogens with zero attached hydrogens (tertiary/aromatic N) is 2. The molecule has 2 rings (SSSR count). The highest BCUT2D eigenvalue weighted by molar-refractivity contribution is 8.00. The van der Waals surface area contributed by atoms with Crippen LogP contribution in [0.5, 0.6) is 0 Å². The van der Waals surface area contributed by atoms with E-state index in [4.69, 9.17) is 4.74 Å². The summed E-state index contributed by atoms with van der Waals surface area (Å²) in [6, 6.07) is 0. The SMILES string of the molecule is COCCn1cc(C)nc1NCC1CCCS1. The lowest BCUT2D eigenvalue weighted by molar-refractivity contribution is 0.187. The molecule has 1 unspecified atom stereocenters. The summed E-state index contributed by atoms with van der Waals surface area (Å²) in [7, 11) is 1.73. The zero-order valence-electron chi connectivity index (χ0n) is 10.6. The Bertz CT molecular complexity index is 348. The van der Waals surface area contributed by atoms with Crippen LogP contribution < -0.4 is 5.32 Å². The van der Waals surface area contributed by atoms with Crippen LogP contribution >= 0.6 is 11.8 Å². The Balaban J connectivity index is 1.89. The van der Waals surface area contributed by atoms with Gasteiger partial charge in [0.2, 0.25) is 5.95 Å². The molecule has 0 saturated carbocycles. The summed E-state index contributed by atoms with van der Waals surface area (Å²) in [6.07, 6.45) is 4.76. The number of anilines is 1. The molecule has 1 fully saturated rings. The third-order valence-corrected chi connectivity index (χ3v) is 4.34. The molecule has 4 nitrogen and oxygen atoms in total. The van der Waals surface area contributed by atoms with E-state index in [0.717, 1.165) is 36.6 Å². The van der Waals surface area contributed by atoms with Crippen molar-refractivity contribution in [3.05, 3.63) is 11.9 Å². The molecule has 1 aromatic rings. The monoisotopic (exact) mass is 255 g/mol. The highest BCUT2D eigenvalue weighted by Gasteiger charge is 2.16. The molecule has 96 valence electrons. The van der Waals surface area contributed by atoms with E-state index in [-0.39, 0.29) is 0 Å². The average Bonchev–Trinajstić information content (AvgIpc) is 2.93. The van der Waals surface area contributed by atoms with Crippen molar-refractivity contribution in [2.75, 3.05) is 31.3 Å². The predicted molar refractivity (Wildman–Crippen MR) is 72.8 cm³/mol. The number of ether oxygens (including phenoxy) is 1. The highest BCUT2D eigenvalue weighted by Crippen LogP contribution is 2.26. The number of methoxy groups -OCH3 is 1. The standard InChI is InChI=1S/C12H21N3OS/c1-10-9-15(5-6-16-2)12(14-10)13-8-11-4-3-7-17-11/h9,11H,3-8H2,1-2H3,(H,13,14). The van der Waals surface area contributed by atoms with Gasteiger partial charge in [0.25, 0.3) is 0 Å². The summed E-state index contributed by atoms with van der Waals surface area (Å²) < 4.78 is 7.24. The highest BCUT2D eigenvalue weighted by atomic mass is 32.2. The Labute approximate surface area is 107 Å². The van der Waals surface area contributed by atoms with Crippen molar-refractivity contribution in [3.63, 3.8) is 0 Å². The zero-order chi connectivity index (χ0) is 12.1. The minimum atomic E-state index is 0.725. The molecule has 0 radical (unpaired) electrons. The number of hydrogen-bond donors (Lipinski definition) is 1. The first-order chi connectivity index (χ1) is 8.29. The van der Waals surface area contributed by atoms with Gasteiger partial charge in [-0.15, -0.1) is 0 Å². The number of aryl methyl sites for hydroxylation is 1. The summed E-state index contributed by atoms with van der Waals surface area (Å²) in [6.45, 7) is 4.63. The molecule has 5 heteroatoms. The Kier molecular flexibility index (Phi) is 4.74.